The van der Waals surface area contributed by atoms with Crippen molar-refractivity contribution in [3.05, 3.63) is 59.9 Å². The van der Waals surface area contributed by atoms with Gasteiger partial charge in [0, 0.05) is 18.3 Å². The zero-order valence-electron chi connectivity index (χ0n) is 12.7. The molecule has 126 valence electrons. The molecule has 2 aromatic rings. The number of aliphatic hydroxyl groups excluding tert-OH is 1. The second-order valence-corrected chi connectivity index (χ2v) is 5.59. The number of amides is 1. The average Bonchev–Trinajstić information content (AvgIpc) is 2.97. The van der Waals surface area contributed by atoms with Crippen LogP contribution < -0.4 is 4.74 Å². The second kappa shape index (κ2) is 6.92. The summed E-state index contributed by atoms with van der Waals surface area (Å²) in [7, 11) is 0. The van der Waals surface area contributed by atoms with Crippen molar-refractivity contribution < 1.29 is 23.4 Å². The summed E-state index contributed by atoms with van der Waals surface area (Å²) in [5, 5.41) is 9.86. The molecule has 3 rings (SSSR count). The molecule has 1 fully saturated rings. The number of β-amino-alcohol motifs (C(OH)–C–C–N with tert-alkyl or cyclic N) is 1. The maximum Gasteiger partial charge on any atom is 0.261 e. The first-order chi connectivity index (χ1) is 11.5. The number of carbonyl (C=O) groups is 1. The number of benzene rings is 1. The standard InChI is InChI=1S/C17H16F2N2O3/c18-11-3-4-15(19)14(6-11)16-7-12(22)9-21(16)17(23)10-24-13-2-1-5-20-8-13/h1-6,8,12,16,22H,7,9-10H2/t12-,16-/m1/s1. The Hall–Kier alpha value is -2.54. The fraction of sp³-hybridized carbons (Fsp3) is 0.294. The predicted molar refractivity (Wildman–Crippen MR) is 81.2 cm³/mol. The molecule has 1 aromatic heterocycles. The van der Waals surface area contributed by atoms with Gasteiger partial charge in [0.15, 0.2) is 6.61 Å². The predicted octanol–water partition coefficient (Wildman–Crippen LogP) is 2.07. The van der Waals surface area contributed by atoms with Crippen molar-refractivity contribution in [2.45, 2.75) is 18.6 Å². The molecule has 0 unspecified atom stereocenters. The number of hydrogen-bond acceptors (Lipinski definition) is 4. The van der Waals surface area contributed by atoms with Gasteiger partial charge in [0.25, 0.3) is 5.91 Å². The van der Waals surface area contributed by atoms with E-state index in [9.17, 15) is 18.7 Å². The van der Waals surface area contributed by atoms with Crippen LogP contribution in [0.1, 0.15) is 18.0 Å². The van der Waals surface area contributed by atoms with E-state index in [-0.39, 0.29) is 25.1 Å². The molecule has 7 heteroatoms. The number of carbonyl (C=O) groups excluding carboxylic acids is 1. The second-order valence-electron chi connectivity index (χ2n) is 5.59. The molecule has 5 nitrogen and oxygen atoms in total. The minimum Gasteiger partial charge on any atom is -0.482 e. The summed E-state index contributed by atoms with van der Waals surface area (Å²) < 4.78 is 32.8. The molecule has 1 aromatic carbocycles. The highest BCUT2D eigenvalue weighted by Gasteiger charge is 2.36. The maximum atomic E-state index is 14.0. The number of hydrogen-bond donors (Lipinski definition) is 1. The quantitative estimate of drug-likeness (QED) is 0.930. The van der Waals surface area contributed by atoms with Crippen LogP contribution in [0.2, 0.25) is 0 Å². The van der Waals surface area contributed by atoms with Gasteiger partial charge in [0.05, 0.1) is 18.3 Å². The smallest absolute Gasteiger partial charge is 0.261 e. The number of aromatic nitrogens is 1. The van der Waals surface area contributed by atoms with Crippen LogP contribution in [-0.4, -0.2) is 40.2 Å². The first kappa shape index (κ1) is 16.3. The Morgan fingerprint density at radius 2 is 2.21 bits per heavy atom. The van der Waals surface area contributed by atoms with Crippen molar-refractivity contribution in [3.8, 4) is 5.75 Å². The first-order valence-corrected chi connectivity index (χ1v) is 7.50. The highest BCUT2D eigenvalue weighted by molar-refractivity contribution is 5.78. The van der Waals surface area contributed by atoms with Gasteiger partial charge in [0.2, 0.25) is 0 Å². The summed E-state index contributed by atoms with van der Waals surface area (Å²) in [4.78, 5) is 17.6. The summed E-state index contributed by atoms with van der Waals surface area (Å²) in [6, 6.07) is 5.69. The summed E-state index contributed by atoms with van der Waals surface area (Å²) in [5.41, 5.74) is 0.0567. The van der Waals surface area contributed by atoms with Gasteiger partial charge < -0.3 is 14.7 Å². The maximum absolute atomic E-state index is 14.0. The molecule has 0 aliphatic carbocycles. The Labute approximate surface area is 137 Å². The molecule has 1 saturated heterocycles. The fourth-order valence-electron chi connectivity index (χ4n) is 2.81. The molecule has 2 atom stereocenters. The van der Waals surface area contributed by atoms with E-state index in [1.165, 1.54) is 11.1 Å². The third-order valence-corrected chi connectivity index (χ3v) is 3.91. The SMILES string of the molecule is O=C(COc1cccnc1)N1C[C@H](O)C[C@@H]1c1cc(F)ccc1F. The molecule has 0 bridgehead atoms. The first-order valence-electron chi connectivity index (χ1n) is 7.50. The molecule has 0 radical (unpaired) electrons. The van der Waals surface area contributed by atoms with Crippen LogP contribution >= 0.6 is 0 Å². The van der Waals surface area contributed by atoms with Crippen LogP contribution in [0, 0.1) is 11.6 Å². The number of nitrogens with zero attached hydrogens (tertiary/aromatic N) is 2. The Morgan fingerprint density at radius 3 is 2.96 bits per heavy atom. The van der Waals surface area contributed by atoms with E-state index in [1.54, 1.807) is 18.3 Å². The minimum atomic E-state index is -0.792. The van der Waals surface area contributed by atoms with Crippen molar-refractivity contribution in [1.82, 2.24) is 9.88 Å². The lowest BCUT2D eigenvalue weighted by atomic mass is 10.0. The molecule has 0 spiro atoms. The number of aliphatic hydroxyl groups is 1. The number of likely N-dealkylation sites (tertiary alicyclic amines) is 1. The van der Waals surface area contributed by atoms with Crippen LogP contribution in [0.25, 0.3) is 0 Å². The molecule has 2 heterocycles. The van der Waals surface area contributed by atoms with Gasteiger partial charge in [-0.1, -0.05) is 0 Å². The molecule has 1 aliphatic rings. The van der Waals surface area contributed by atoms with E-state index in [2.05, 4.69) is 4.98 Å². The van der Waals surface area contributed by atoms with Crippen LogP contribution in [0.3, 0.4) is 0 Å². The topological polar surface area (TPSA) is 62.7 Å². The number of rotatable bonds is 4. The van der Waals surface area contributed by atoms with Gasteiger partial charge in [-0.2, -0.15) is 0 Å². The van der Waals surface area contributed by atoms with Gasteiger partial charge in [-0.15, -0.1) is 0 Å². The Kier molecular flexibility index (Phi) is 4.71. The van der Waals surface area contributed by atoms with Gasteiger partial charge >= 0.3 is 0 Å². The Bertz CT molecular complexity index is 727. The van der Waals surface area contributed by atoms with Crippen LogP contribution in [0.5, 0.6) is 5.75 Å². The zero-order valence-corrected chi connectivity index (χ0v) is 12.7. The van der Waals surface area contributed by atoms with Crippen molar-refractivity contribution in [3.63, 3.8) is 0 Å². The average molecular weight is 334 g/mol. The van der Waals surface area contributed by atoms with Crippen LogP contribution in [0.15, 0.2) is 42.7 Å². The number of ether oxygens (including phenoxy) is 1. The fourth-order valence-corrected chi connectivity index (χ4v) is 2.81. The van der Waals surface area contributed by atoms with Crippen LogP contribution in [0.4, 0.5) is 8.78 Å². The lowest BCUT2D eigenvalue weighted by Crippen LogP contribution is -2.35. The van der Waals surface area contributed by atoms with Gasteiger partial charge in [-0.05, 0) is 36.8 Å². The van der Waals surface area contributed by atoms with Crippen LogP contribution in [-0.2, 0) is 4.79 Å². The number of pyridine rings is 1. The molecular weight excluding hydrogens is 318 g/mol. The van der Waals surface area contributed by atoms with E-state index in [0.29, 0.717) is 5.75 Å². The molecule has 0 saturated carbocycles. The van der Waals surface area contributed by atoms with Gasteiger partial charge in [-0.25, -0.2) is 8.78 Å². The largest absolute Gasteiger partial charge is 0.482 e. The third-order valence-electron chi connectivity index (χ3n) is 3.91. The zero-order chi connectivity index (χ0) is 17.1. The van der Waals surface area contributed by atoms with Crippen molar-refractivity contribution in [2.24, 2.45) is 0 Å². The number of halogens is 2. The normalized spacial score (nSPS) is 20.2. The van der Waals surface area contributed by atoms with Crippen molar-refractivity contribution >= 4 is 5.91 Å². The molecular formula is C17H16F2N2O3. The summed E-state index contributed by atoms with van der Waals surface area (Å²) in [6.07, 6.45) is 2.41. The monoisotopic (exact) mass is 334 g/mol. The van der Waals surface area contributed by atoms with E-state index >= 15 is 0 Å². The molecule has 1 N–H and O–H groups in total. The van der Waals surface area contributed by atoms with Gasteiger partial charge in [0.1, 0.15) is 17.4 Å². The van der Waals surface area contributed by atoms with E-state index in [1.807, 2.05) is 0 Å². The van der Waals surface area contributed by atoms with Gasteiger partial charge in [-0.3, -0.25) is 9.78 Å². The molecule has 1 amide bonds. The highest BCUT2D eigenvalue weighted by atomic mass is 19.1. The van der Waals surface area contributed by atoms with E-state index in [0.717, 1.165) is 18.2 Å². The van der Waals surface area contributed by atoms with E-state index < -0.39 is 29.7 Å². The van der Waals surface area contributed by atoms with Crippen molar-refractivity contribution in [2.75, 3.05) is 13.2 Å². The Balaban J connectivity index is 1.75. The lowest BCUT2D eigenvalue weighted by molar-refractivity contribution is -0.134. The summed E-state index contributed by atoms with van der Waals surface area (Å²) in [6.45, 7) is -0.221. The Morgan fingerprint density at radius 1 is 1.38 bits per heavy atom. The molecule has 24 heavy (non-hydrogen) atoms. The highest BCUT2D eigenvalue weighted by Crippen LogP contribution is 2.34. The summed E-state index contributed by atoms with van der Waals surface area (Å²) in [5.74, 6) is -1.18. The minimum absolute atomic E-state index is 0.0514. The van der Waals surface area contributed by atoms with E-state index in [4.69, 9.17) is 4.74 Å². The summed E-state index contributed by atoms with van der Waals surface area (Å²) >= 11 is 0. The lowest BCUT2D eigenvalue weighted by Gasteiger charge is -2.25. The van der Waals surface area contributed by atoms with Crippen molar-refractivity contribution in [1.29, 1.82) is 0 Å². The molecule has 1 aliphatic heterocycles. The third kappa shape index (κ3) is 3.51.